The lowest BCUT2D eigenvalue weighted by molar-refractivity contribution is -0.383. The average Bonchev–Trinajstić information content (AvgIpc) is 2.44. The van der Waals surface area contributed by atoms with Crippen LogP contribution in [0.1, 0.15) is 13.8 Å². The van der Waals surface area contributed by atoms with Crippen LogP contribution in [-0.4, -0.2) is 28.2 Å². The van der Waals surface area contributed by atoms with Crippen LogP contribution in [-0.2, 0) is 0 Å². The maximum atomic E-state index is 11.0. The minimum Gasteiger partial charge on any atom is -0.396 e. The highest BCUT2D eigenvalue weighted by atomic mass is 16.6. The molecule has 106 valence electrons. The highest BCUT2D eigenvalue weighted by Gasteiger charge is 2.18. The van der Waals surface area contributed by atoms with Gasteiger partial charge in [0.2, 0.25) is 0 Å². The van der Waals surface area contributed by atoms with Crippen LogP contribution >= 0.6 is 0 Å². The number of nitrogens with one attached hydrogen (secondary N) is 1. The molecule has 0 fully saturated rings. The van der Waals surface area contributed by atoms with Gasteiger partial charge in [-0.25, -0.2) is 0 Å². The van der Waals surface area contributed by atoms with Gasteiger partial charge in [-0.05, 0) is 12.1 Å². The van der Waals surface area contributed by atoms with Gasteiger partial charge in [-0.2, -0.15) is 0 Å². The highest BCUT2D eigenvalue weighted by Crippen LogP contribution is 2.31. The quantitative estimate of drug-likeness (QED) is 0.646. The van der Waals surface area contributed by atoms with E-state index in [4.69, 9.17) is 0 Å². The zero-order valence-corrected chi connectivity index (χ0v) is 11.5. The normalized spacial score (nSPS) is 11.6. The van der Waals surface area contributed by atoms with E-state index in [1.54, 1.807) is 18.3 Å². The van der Waals surface area contributed by atoms with Crippen LogP contribution < -0.4 is 5.32 Å². The second-order valence-electron chi connectivity index (χ2n) is 5.49. The maximum Gasteiger partial charge on any atom is 0.277 e. The molecule has 0 aliphatic carbocycles. The summed E-state index contributed by atoms with van der Waals surface area (Å²) >= 11 is 0. The zero-order chi connectivity index (χ0) is 14.8. The smallest absolute Gasteiger partial charge is 0.277 e. The Kier molecular flexibility index (Phi) is 3.85. The molecule has 0 amide bonds. The summed E-state index contributed by atoms with van der Waals surface area (Å²) in [7, 11) is 0. The zero-order valence-electron chi connectivity index (χ0n) is 11.5. The van der Waals surface area contributed by atoms with E-state index < -0.39 is 4.92 Å². The minimum absolute atomic E-state index is 0.0587. The monoisotopic (exact) mass is 275 g/mol. The van der Waals surface area contributed by atoms with Gasteiger partial charge in [-0.15, -0.1) is 0 Å². The number of aliphatic hydroxyl groups excluding tert-OH is 1. The fourth-order valence-electron chi connectivity index (χ4n) is 1.88. The van der Waals surface area contributed by atoms with Crippen molar-refractivity contribution >= 4 is 22.1 Å². The SMILES string of the molecule is CC(C)(CO)CNc1ccc([N+](=O)[O-])c2ccncc12. The van der Waals surface area contributed by atoms with Gasteiger partial charge in [0, 0.05) is 48.1 Å². The van der Waals surface area contributed by atoms with Gasteiger partial charge in [-0.3, -0.25) is 15.1 Å². The standard InChI is InChI=1S/C14H17N3O3/c1-14(2,9-18)8-16-12-3-4-13(17(19)20)10-5-6-15-7-11(10)12/h3-7,16,18H,8-9H2,1-2H3. The molecule has 2 aromatic rings. The molecule has 0 saturated carbocycles. The first-order valence-electron chi connectivity index (χ1n) is 6.30. The van der Waals surface area contributed by atoms with E-state index in [-0.39, 0.29) is 17.7 Å². The molecule has 2 N–H and O–H groups in total. The molecule has 0 atom stereocenters. The van der Waals surface area contributed by atoms with Crippen molar-refractivity contribution in [3.63, 3.8) is 0 Å². The predicted octanol–water partition coefficient (Wildman–Crippen LogP) is 2.57. The lowest BCUT2D eigenvalue weighted by Crippen LogP contribution is -2.26. The molecule has 0 spiro atoms. The molecule has 1 heterocycles. The predicted molar refractivity (Wildman–Crippen MR) is 77.8 cm³/mol. The van der Waals surface area contributed by atoms with E-state index in [0.29, 0.717) is 17.3 Å². The lowest BCUT2D eigenvalue weighted by atomic mass is 9.94. The molecule has 0 saturated heterocycles. The van der Waals surface area contributed by atoms with Crippen LogP contribution in [0.2, 0.25) is 0 Å². The van der Waals surface area contributed by atoms with Crippen LogP contribution in [0.25, 0.3) is 10.8 Å². The Morgan fingerprint density at radius 2 is 2.10 bits per heavy atom. The Morgan fingerprint density at radius 3 is 2.75 bits per heavy atom. The number of nitro groups is 1. The van der Waals surface area contributed by atoms with Gasteiger partial charge >= 0.3 is 0 Å². The summed E-state index contributed by atoms with van der Waals surface area (Å²) in [6.45, 7) is 4.49. The number of benzene rings is 1. The van der Waals surface area contributed by atoms with Crippen LogP contribution in [0.4, 0.5) is 11.4 Å². The third-order valence-electron chi connectivity index (χ3n) is 3.18. The highest BCUT2D eigenvalue weighted by molar-refractivity contribution is 5.99. The number of fused-ring (bicyclic) bond motifs is 1. The molecular formula is C14H17N3O3. The number of pyridine rings is 1. The number of nitrogens with zero attached hydrogens (tertiary/aromatic N) is 2. The summed E-state index contributed by atoms with van der Waals surface area (Å²) in [4.78, 5) is 14.6. The molecule has 0 aliphatic rings. The van der Waals surface area contributed by atoms with E-state index in [9.17, 15) is 15.2 Å². The molecule has 0 bridgehead atoms. The minimum atomic E-state index is -0.399. The van der Waals surface area contributed by atoms with Gasteiger partial charge in [-0.1, -0.05) is 13.8 Å². The van der Waals surface area contributed by atoms with Crippen molar-refractivity contribution in [1.82, 2.24) is 4.98 Å². The Labute approximate surface area is 116 Å². The van der Waals surface area contributed by atoms with Crippen molar-refractivity contribution < 1.29 is 10.0 Å². The summed E-state index contributed by atoms with van der Waals surface area (Å²) < 4.78 is 0. The summed E-state index contributed by atoms with van der Waals surface area (Å²) in [6.07, 6.45) is 3.15. The van der Waals surface area contributed by atoms with Crippen LogP contribution in [0.3, 0.4) is 0 Å². The van der Waals surface area contributed by atoms with Crippen LogP contribution in [0.5, 0.6) is 0 Å². The van der Waals surface area contributed by atoms with E-state index in [2.05, 4.69) is 10.3 Å². The first-order valence-corrected chi connectivity index (χ1v) is 6.30. The van der Waals surface area contributed by atoms with Crippen LogP contribution in [0, 0.1) is 15.5 Å². The molecule has 0 radical (unpaired) electrons. The fraction of sp³-hybridized carbons (Fsp3) is 0.357. The van der Waals surface area contributed by atoms with E-state index in [1.165, 1.54) is 12.3 Å². The number of hydrogen-bond donors (Lipinski definition) is 2. The van der Waals surface area contributed by atoms with E-state index >= 15 is 0 Å². The third-order valence-corrected chi connectivity index (χ3v) is 3.18. The first kappa shape index (κ1) is 14.2. The van der Waals surface area contributed by atoms with Crippen molar-refractivity contribution in [1.29, 1.82) is 0 Å². The fourth-order valence-corrected chi connectivity index (χ4v) is 1.88. The number of anilines is 1. The van der Waals surface area contributed by atoms with E-state index in [0.717, 1.165) is 5.69 Å². The number of non-ortho nitro benzene ring substituents is 1. The van der Waals surface area contributed by atoms with Gasteiger partial charge < -0.3 is 10.4 Å². The van der Waals surface area contributed by atoms with Gasteiger partial charge in [0.1, 0.15) is 0 Å². The van der Waals surface area contributed by atoms with E-state index in [1.807, 2.05) is 13.8 Å². The molecule has 6 nitrogen and oxygen atoms in total. The summed E-state index contributed by atoms with van der Waals surface area (Å²) in [5, 5.41) is 24.8. The molecule has 0 unspecified atom stereocenters. The Balaban J connectivity index is 2.41. The third kappa shape index (κ3) is 2.85. The lowest BCUT2D eigenvalue weighted by Gasteiger charge is -2.23. The molecule has 20 heavy (non-hydrogen) atoms. The Hall–Kier alpha value is -2.21. The number of nitro benzene ring substituents is 1. The van der Waals surface area contributed by atoms with Crippen molar-refractivity contribution in [2.75, 3.05) is 18.5 Å². The van der Waals surface area contributed by atoms with Crippen LogP contribution in [0.15, 0.2) is 30.6 Å². The topological polar surface area (TPSA) is 88.3 Å². The Morgan fingerprint density at radius 1 is 1.35 bits per heavy atom. The van der Waals surface area contributed by atoms with Gasteiger partial charge in [0.15, 0.2) is 0 Å². The van der Waals surface area contributed by atoms with Crippen molar-refractivity contribution in [2.45, 2.75) is 13.8 Å². The van der Waals surface area contributed by atoms with Crippen molar-refractivity contribution in [3.05, 3.63) is 40.7 Å². The average molecular weight is 275 g/mol. The van der Waals surface area contributed by atoms with Gasteiger partial charge in [0.05, 0.1) is 10.3 Å². The number of rotatable bonds is 5. The first-order chi connectivity index (χ1) is 9.44. The summed E-state index contributed by atoms with van der Waals surface area (Å²) in [5.41, 5.74) is 0.575. The maximum absolute atomic E-state index is 11.0. The summed E-state index contributed by atoms with van der Waals surface area (Å²) in [6, 6.07) is 4.79. The number of hydrogen-bond acceptors (Lipinski definition) is 5. The molecule has 1 aromatic heterocycles. The summed E-state index contributed by atoms with van der Waals surface area (Å²) in [5.74, 6) is 0. The second kappa shape index (κ2) is 5.42. The van der Waals surface area contributed by atoms with Crippen molar-refractivity contribution in [2.24, 2.45) is 5.41 Å². The molecule has 1 aromatic carbocycles. The number of aromatic nitrogens is 1. The second-order valence-corrected chi connectivity index (χ2v) is 5.49. The molecule has 0 aliphatic heterocycles. The van der Waals surface area contributed by atoms with Crippen molar-refractivity contribution in [3.8, 4) is 0 Å². The largest absolute Gasteiger partial charge is 0.396 e. The number of aliphatic hydroxyl groups is 1. The molecule has 6 heteroatoms. The molecule has 2 rings (SSSR count). The van der Waals surface area contributed by atoms with Gasteiger partial charge in [0.25, 0.3) is 5.69 Å². The molecular weight excluding hydrogens is 258 g/mol. The Bertz CT molecular complexity index is 641.